The van der Waals surface area contributed by atoms with E-state index < -0.39 is 20.0 Å². The van der Waals surface area contributed by atoms with Gasteiger partial charge in [0, 0.05) is 0 Å². The highest BCUT2D eigenvalue weighted by Crippen LogP contribution is 2.35. The molecule has 0 amide bonds. The molecule has 1 N–H and O–H groups in total. The number of fused-ring (bicyclic) bond motifs is 1. The van der Waals surface area contributed by atoms with Crippen LogP contribution in [0.15, 0.2) is 42.5 Å². The molecule has 0 bridgehead atoms. The molecule has 1 heterocycles. The Morgan fingerprint density at radius 2 is 1.77 bits per heavy atom. The molecule has 3 rings (SSSR count). The average Bonchev–Trinajstić information content (AvgIpc) is 2.55. The summed E-state index contributed by atoms with van der Waals surface area (Å²) in [6.07, 6.45) is 1.11. The number of sulfonamides is 2. The fourth-order valence-electron chi connectivity index (χ4n) is 2.72. The quantitative estimate of drug-likeness (QED) is 0.835. The second-order valence-electron chi connectivity index (χ2n) is 6.21. The van der Waals surface area contributed by atoms with Gasteiger partial charge >= 0.3 is 0 Å². The van der Waals surface area contributed by atoms with Crippen molar-refractivity contribution in [2.45, 2.75) is 12.7 Å². The lowest BCUT2D eigenvalue weighted by Crippen LogP contribution is -2.37. The van der Waals surface area contributed by atoms with Gasteiger partial charge in [0.2, 0.25) is 20.0 Å². The van der Waals surface area contributed by atoms with Gasteiger partial charge in [-0.05, 0) is 30.7 Å². The molecule has 1 aliphatic heterocycles. The first kappa shape index (κ1) is 18.5. The maximum Gasteiger partial charge on any atom is 0.236 e. The second-order valence-corrected chi connectivity index (χ2v) is 9.84. The molecule has 0 unspecified atom stereocenters. The molecule has 0 atom stereocenters. The zero-order valence-electron chi connectivity index (χ0n) is 14.5. The van der Waals surface area contributed by atoms with Crippen LogP contribution < -0.4 is 13.8 Å². The summed E-state index contributed by atoms with van der Waals surface area (Å²) in [5.74, 6) is 0.236. The SMILES string of the molecule is Cc1ccc(CS(=O)(=O)Nc2ccc3c(c2)N(S(C)(=O)=O)CCO3)cc1. The Morgan fingerprint density at radius 3 is 2.42 bits per heavy atom. The van der Waals surface area contributed by atoms with E-state index in [1.165, 1.54) is 10.4 Å². The van der Waals surface area contributed by atoms with Gasteiger partial charge < -0.3 is 4.74 Å². The Morgan fingerprint density at radius 1 is 1.08 bits per heavy atom. The van der Waals surface area contributed by atoms with Crippen molar-refractivity contribution in [3.63, 3.8) is 0 Å². The predicted molar refractivity (Wildman–Crippen MR) is 102 cm³/mol. The van der Waals surface area contributed by atoms with E-state index in [0.717, 1.165) is 11.8 Å². The Balaban J connectivity index is 1.85. The molecule has 2 aromatic carbocycles. The van der Waals surface area contributed by atoms with Gasteiger partial charge in [-0.25, -0.2) is 16.8 Å². The molecule has 0 radical (unpaired) electrons. The lowest BCUT2D eigenvalue weighted by atomic mass is 10.2. The van der Waals surface area contributed by atoms with Gasteiger partial charge in [-0.1, -0.05) is 29.8 Å². The Bertz CT molecular complexity index is 1020. The van der Waals surface area contributed by atoms with E-state index in [-0.39, 0.29) is 24.6 Å². The molecule has 1 aliphatic rings. The molecule has 0 saturated carbocycles. The predicted octanol–water partition coefficient (Wildman–Crippen LogP) is 2.10. The number of nitrogens with one attached hydrogen (secondary N) is 1. The van der Waals surface area contributed by atoms with Crippen LogP contribution in [0.2, 0.25) is 0 Å². The summed E-state index contributed by atoms with van der Waals surface area (Å²) in [6, 6.07) is 11.8. The van der Waals surface area contributed by atoms with Gasteiger partial charge in [0.05, 0.1) is 29.9 Å². The summed E-state index contributed by atoms with van der Waals surface area (Å²) in [6.45, 7) is 2.36. The minimum Gasteiger partial charge on any atom is -0.489 e. The molecule has 0 saturated heterocycles. The highest BCUT2D eigenvalue weighted by molar-refractivity contribution is 7.92. The molecule has 140 valence electrons. The molecule has 7 nitrogen and oxygen atoms in total. The third kappa shape index (κ3) is 4.28. The smallest absolute Gasteiger partial charge is 0.236 e. The van der Waals surface area contributed by atoms with Crippen LogP contribution in [0, 0.1) is 6.92 Å². The van der Waals surface area contributed by atoms with E-state index >= 15 is 0 Å². The first-order valence-electron chi connectivity index (χ1n) is 7.95. The van der Waals surface area contributed by atoms with Crippen LogP contribution in [-0.4, -0.2) is 36.2 Å². The zero-order valence-corrected chi connectivity index (χ0v) is 16.1. The van der Waals surface area contributed by atoms with Crippen LogP contribution in [-0.2, 0) is 25.8 Å². The van der Waals surface area contributed by atoms with Gasteiger partial charge in [-0.2, -0.15) is 0 Å². The fraction of sp³-hybridized carbons (Fsp3) is 0.294. The van der Waals surface area contributed by atoms with Crippen molar-refractivity contribution < 1.29 is 21.6 Å². The minimum atomic E-state index is -3.64. The average molecular weight is 396 g/mol. The lowest BCUT2D eigenvalue weighted by molar-refractivity contribution is 0.316. The van der Waals surface area contributed by atoms with Crippen LogP contribution in [0.25, 0.3) is 0 Å². The fourth-order valence-corrected chi connectivity index (χ4v) is 4.82. The normalized spacial score (nSPS) is 14.5. The monoisotopic (exact) mass is 396 g/mol. The summed E-state index contributed by atoms with van der Waals surface area (Å²) < 4.78 is 57.9. The number of anilines is 2. The maximum absolute atomic E-state index is 12.4. The summed E-state index contributed by atoms with van der Waals surface area (Å²) in [5, 5.41) is 0. The van der Waals surface area contributed by atoms with E-state index in [4.69, 9.17) is 4.74 Å². The maximum atomic E-state index is 12.4. The number of benzene rings is 2. The lowest BCUT2D eigenvalue weighted by Gasteiger charge is -2.29. The Labute approximate surface area is 153 Å². The Kier molecular flexibility index (Phi) is 4.85. The molecule has 0 fully saturated rings. The van der Waals surface area contributed by atoms with Gasteiger partial charge in [0.1, 0.15) is 12.4 Å². The van der Waals surface area contributed by atoms with E-state index in [1.54, 1.807) is 24.3 Å². The number of rotatable bonds is 5. The van der Waals surface area contributed by atoms with Crippen molar-refractivity contribution in [1.29, 1.82) is 0 Å². The molecule has 0 spiro atoms. The number of aryl methyl sites for hydroxylation is 1. The summed E-state index contributed by atoms with van der Waals surface area (Å²) >= 11 is 0. The summed E-state index contributed by atoms with van der Waals surface area (Å²) in [5.41, 5.74) is 2.33. The molecular weight excluding hydrogens is 376 g/mol. The molecule has 2 aromatic rings. The van der Waals surface area contributed by atoms with Crippen LogP contribution in [0.1, 0.15) is 11.1 Å². The van der Waals surface area contributed by atoms with Crippen molar-refractivity contribution in [2.75, 3.05) is 28.4 Å². The first-order chi connectivity index (χ1) is 12.1. The number of ether oxygens (including phenoxy) is 1. The highest BCUT2D eigenvalue weighted by Gasteiger charge is 2.26. The Hall–Kier alpha value is -2.26. The van der Waals surface area contributed by atoms with Crippen molar-refractivity contribution in [3.8, 4) is 5.75 Å². The molecule has 0 aliphatic carbocycles. The molecular formula is C17H20N2O5S2. The van der Waals surface area contributed by atoms with Crippen molar-refractivity contribution in [2.24, 2.45) is 0 Å². The van der Waals surface area contributed by atoms with E-state index in [1.807, 2.05) is 19.1 Å². The van der Waals surface area contributed by atoms with Crippen molar-refractivity contribution in [3.05, 3.63) is 53.6 Å². The van der Waals surface area contributed by atoms with Crippen molar-refractivity contribution in [1.82, 2.24) is 0 Å². The van der Waals surface area contributed by atoms with Gasteiger partial charge in [-0.3, -0.25) is 9.03 Å². The number of hydrogen-bond donors (Lipinski definition) is 1. The van der Waals surface area contributed by atoms with Crippen LogP contribution in [0.3, 0.4) is 0 Å². The molecule has 9 heteroatoms. The molecule has 0 aromatic heterocycles. The summed E-state index contributed by atoms with van der Waals surface area (Å²) in [4.78, 5) is 0. The van der Waals surface area contributed by atoms with Gasteiger partial charge in [0.25, 0.3) is 0 Å². The van der Waals surface area contributed by atoms with E-state index in [9.17, 15) is 16.8 Å². The topological polar surface area (TPSA) is 92.8 Å². The highest BCUT2D eigenvalue weighted by atomic mass is 32.2. The largest absolute Gasteiger partial charge is 0.489 e. The number of hydrogen-bond acceptors (Lipinski definition) is 5. The number of nitrogens with zero attached hydrogens (tertiary/aromatic N) is 1. The third-order valence-electron chi connectivity index (χ3n) is 3.93. The van der Waals surface area contributed by atoms with Crippen LogP contribution in [0.4, 0.5) is 11.4 Å². The molecule has 26 heavy (non-hydrogen) atoms. The van der Waals surface area contributed by atoms with E-state index in [0.29, 0.717) is 17.0 Å². The standard InChI is InChI=1S/C17H20N2O5S2/c1-13-3-5-14(6-4-13)12-26(22,23)18-15-7-8-17-16(11-15)19(9-10-24-17)25(2,20)21/h3-8,11,18H,9-10,12H2,1-2H3. The van der Waals surface area contributed by atoms with Crippen LogP contribution in [0.5, 0.6) is 5.75 Å². The van der Waals surface area contributed by atoms with Crippen molar-refractivity contribution >= 4 is 31.4 Å². The van der Waals surface area contributed by atoms with Gasteiger partial charge in [-0.15, -0.1) is 0 Å². The van der Waals surface area contributed by atoms with Gasteiger partial charge in [0.15, 0.2) is 0 Å². The minimum absolute atomic E-state index is 0.170. The van der Waals surface area contributed by atoms with E-state index in [2.05, 4.69) is 4.72 Å². The van der Waals surface area contributed by atoms with Crippen LogP contribution >= 0.6 is 0 Å². The zero-order chi connectivity index (χ0) is 18.9. The third-order valence-corrected chi connectivity index (χ3v) is 6.37. The second kappa shape index (κ2) is 6.81. The first-order valence-corrected chi connectivity index (χ1v) is 11.4. The summed E-state index contributed by atoms with van der Waals surface area (Å²) in [7, 11) is -7.12.